The number of halogens is 2. The van der Waals surface area contributed by atoms with Gasteiger partial charge in [-0.3, -0.25) is 9.36 Å². The van der Waals surface area contributed by atoms with E-state index in [0.29, 0.717) is 49.0 Å². The molecule has 0 fully saturated rings. The van der Waals surface area contributed by atoms with Crippen molar-refractivity contribution in [2.45, 2.75) is 46.4 Å². The number of carbonyl (C=O) groups excluding carboxylic acids is 1. The maximum Gasteiger partial charge on any atom is 0.338 e. The number of hydrogen-bond acceptors (Lipinski definition) is 8. The van der Waals surface area contributed by atoms with Crippen LogP contribution >= 0.6 is 33.9 Å². The highest BCUT2D eigenvalue weighted by Gasteiger charge is 2.35. The fourth-order valence-electron chi connectivity index (χ4n) is 5.03. The summed E-state index contributed by atoms with van der Waals surface area (Å²) in [6, 6.07) is 16.6. The van der Waals surface area contributed by atoms with Gasteiger partial charge in [-0.05, 0) is 86.2 Å². The zero-order chi connectivity index (χ0) is 32.2. The second kappa shape index (κ2) is 14.0. The molecule has 1 atom stereocenters. The molecule has 0 radical (unpaired) electrons. The number of hydrogen-bond donors (Lipinski definition) is 0. The number of thiazole rings is 1. The lowest BCUT2D eigenvalue weighted by atomic mass is 9.95. The van der Waals surface area contributed by atoms with Crippen molar-refractivity contribution in [3.05, 3.63) is 118 Å². The van der Waals surface area contributed by atoms with E-state index in [1.165, 1.54) is 29.1 Å². The van der Waals surface area contributed by atoms with Crippen LogP contribution in [0.1, 0.15) is 50.4 Å². The van der Waals surface area contributed by atoms with Gasteiger partial charge in [0.1, 0.15) is 24.2 Å². The van der Waals surface area contributed by atoms with Crippen LogP contribution in [-0.4, -0.2) is 30.4 Å². The number of aromatic nitrogens is 1. The topological polar surface area (TPSA) is 88.4 Å². The largest absolute Gasteiger partial charge is 0.493 e. The molecule has 0 unspecified atom stereocenters. The third kappa shape index (κ3) is 6.84. The van der Waals surface area contributed by atoms with E-state index in [2.05, 4.69) is 27.6 Å². The Hall–Kier alpha value is -3.97. The van der Waals surface area contributed by atoms with Gasteiger partial charge in [0.15, 0.2) is 16.3 Å². The van der Waals surface area contributed by atoms with Crippen molar-refractivity contribution >= 4 is 46.0 Å². The summed E-state index contributed by atoms with van der Waals surface area (Å²) in [6.45, 7) is 7.52. The summed E-state index contributed by atoms with van der Waals surface area (Å²) in [7, 11) is 1.52. The quantitative estimate of drug-likeness (QED) is 0.148. The SMILES string of the molecule is CCOC(=O)C1=C(C)N=c2s/c(=C/c3cc(I)c(OCc4ccccc4F)c(OC)c3)c(=O)n2[C@H]1c1ccccc1OC(C)C. The summed E-state index contributed by atoms with van der Waals surface area (Å²) in [6.07, 6.45) is 1.63. The number of methoxy groups -OCH3 is 1. The van der Waals surface area contributed by atoms with Gasteiger partial charge in [-0.15, -0.1) is 0 Å². The predicted molar refractivity (Wildman–Crippen MR) is 179 cm³/mol. The molecule has 0 saturated carbocycles. The van der Waals surface area contributed by atoms with Crippen molar-refractivity contribution in [1.82, 2.24) is 4.57 Å². The minimum Gasteiger partial charge on any atom is -0.493 e. The van der Waals surface area contributed by atoms with Gasteiger partial charge in [-0.1, -0.05) is 47.7 Å². The van der Waals surface area contributed by atoms with E-state index in [-0.39, 0.29) is 36.3 Å². The van der Waals surface area contributed by atoms with Crippen LogP contribution in [0.3, 0.4) is 0 Å². The maximum atomic E-state index is 14.2. The molecule has 0 spiro atoms. The molecule has 0 bridgehead atoms. The van der Waals surface area contributed by atoms with Crippen molar-refractivity contribution in [2.24, 2.45) is 4.99 Å². The van der Waals surface area contributed by atoms with Crippen molar-refractivity contribution in [1.29, 1.82) is 0 Å². The monoisotopic (exact) mass is 742 g/mol. The lowest BCUT2D eigenvalue weighted by molar-refractivity contribution is -0.139. The van der Waals surface area contributed by atoms with Crippen LogP contribution < -0.4 is 29.1 Å². The number of rotatable bonds is 10. The molecule has 8 nitrogen and oxygen atoms in total. The van der Waals surface area contributed by atoms with Crippen molar-refractivity contribution in [3.63, 3.8) is 0 Å². The minimum atomic E-state index is -0.804. The van der Waals surface area contributed by atoms with E-state index >= 15 is 0 Å². The lowest BCUT2D eigenvalue weighted by Gasteiger charge is -2.26. The minimum absolute atomic E-state index is 0.0289. The number of nitrogens with zero attached hydrogens (tertiary/aromatic N) is 2. The highest BCUT2D eigenvalue weighted by atomic mass is 127. The summed E-state index contributed by atoms with van der Waals surface area (Å²) < 4.78 is 40.0. The summed E-state index contributed by atoms with van der Waals surface area (Å²) >= 11 is 3.35. The first-order chi connectivity index (χ1) is 21.6. The van der Waals surface area contributed by atoms with Gasteiger partial charge in [0.05, 0.1) is 39.2 Å². The molecule has 234 valence electrons. The summed E-state index contributed by atoms with van der Waals surface area (Å²) in [5.41, 5.74) is 2.21. The molecule has 0 saturated heterocycles. The highest BCUT2D eigenvalue weighted by Crippen LogP contribution is 2.37. The predicted octanol–water partition coefficient (Wildman–Crippen LogP) is 5.92. The van der Waals surface area contributed by atoms with E-state index in [4.69, 9.17) is 18.9 Å². The lowest BCUT2D eigenvalue weighted by Crippen LogP contribution is -2.40. The van der Waals surface area contributed by atoms with Gasteiger partial charge in [0, 0.05) is 11.1 Å². The molecular formula is C34H32FIN2O6S. The molecule has 11 heteroatoms. The third-order valence-electron chi connectivity index (χ3n) is 6.97. The molecule has 0 aliphatic carbocycles. The van der Waals surface area contributed by atoms with Crippen LogP contribution in [0.2, 0.25) is 0 Å². The average molecular weight is 743 g/mol. The van der Waals surface area contributed by atoms with Crippen LogP contribution in [0.4, 0.5) is 4.39 Å². The van der Waals surface area contributed by atoms with Crippen molar-refractivity contribution in [3.8, 4) is 17.2 Å². The Morgan fingerprint density at radius 1 is 1.13 bits per heavy atom. The maximum absolute atomic E-state index is 14.2. The van der Waals surface area contributed by atoms with Gasteiger partial charge in [0.2, 0.25) is 0 Å². The average Bonchev–Trinajstić information content (AvgIpc) is 3.30. The first kappa shape index (κ1) is 32.4. The van der Waals surface area contributed by atoms with E-state index in [9.17, 15) is 14.0 Å². The molecule has 5 rings (SSSR count). The number of allylic oxidation sites excluding steroid dienone is 1. The summed E-state index contributed by atoms with van der Waals surface area (Å²) in [5.74, 6) is 0.583. The van der Waals surface area contributed by atoms with Crippen LogP contribution in [-0.2, 0) is 16.1 Å². The number of carbonyl (C=O) groups is 1. The van der Waals surface area contributed by atoms with Gasteiger partial charge < -0.3 is 18.9 Å². The fraction of sp³-hybridized carbons (Fsp3) is 0.265. The molecule has 1 aliphatic rings. The van der Waals surface area contributed by atoms with Gasteiger partial charge in [-0.2, -0.15) is 0 Å². The molecule has 3 aromatic carbocycles. The smallest absolute Gasteiger partial charge is 0.338 e. The normalized spacial score (nSPS) is 14.7. The molecule has 1 aromatic heterocycles. The van der Waals surface area contributed by atoms with Crippen molar-refractivity contribution in [2.75, 3.05) is 13.7 Å². The van der Waals surface area contributed by atoms with Crippen LogP contribution in [0.25, 0.3) is 6.08 Å². The molecule has 1 aliphatic heterocycles. The Balaban J connectivity index is 1.61. The summed E-state index contributed by atoms with van der Waals surface area (Å²) in [4.78, 5) is 32.6. The number of fused-ring (bicyclic) bond motifs is 1. The third-order valence-corrected chi connectivity index (χ3v) is 8.76. The molecule has 45 heavy (non-hydrogen) atoms. The second-order valence-electron chi connectivity index (χ2n) is 10.4. The Morgan fingerprint density at radius 3 is 2.58 bits per heavy atom. The fourth-order valence-corrected chi connectivity index (χ4v) is 6.86. The van der Waals surface area contributed by atoms with Gasteiger partial charge in [0.25, 0.3) is 5.56 Å². The number of benzene rings is 3. The number of esters is 1. The summed E-state index contributed by atoms with van der Waals surface area (Å²) in [5, 5.41) is 0. The zero-order valence-corrected chi connectivity index (χ0v) is 28.4. The molecule has 0 N–H and O–H groups in total. The van der Waals surface area contributed by atoms with Crippen LogP contribution in [0.15, 0.2) is 81.7 Å². The van der Waals surface area contributed by atoms with E-state index in [0.717, 1.165) is 3.57 Å². The van der Waals surface area contributed by atoms with Crippen molar-refractivity contribution < 1.29 is 28.1 Å². The van der Waals surface area contributed by atoms with Crippen LogP contribution in [0, 0.1) is 9.39 Å². The van der Waals surface area contributed by atoms with E-state index < -0.39 is 12.0 Å². The molecule has 4 aromatic rings. The molecular weight excluding hydrogens is 710 g/mol. The standard InChI is InChI=1S/C34H32FIN2O6S/c1-6-42-33(40)29-20(4)37-34-38(30(29)23-12-8-10-14-26(23)44-19(2)3)32(39)28(45-34)17-21-15-25(36)31(27(16-21)41-5)43-18-22-11-7-9-13-24(22)35/h7-17,19,30H,6,18H2,1-5H3/b28-17+/t30-/m0/s1. The Morgan fingerprint density at radius 2 is 1.87 bits per heavy atom. The van der Waals surface area contributed by atoms with Gasteiger partial charge in [-0.25, -0.2) is 14.2 Å². The Bertz CT molecular complexity index is 1970. The zero-order valence-electron chi connectivity index (χ0n) is 25.4. The van der Waals surface area contributed by atoms with Crippen LogP contribution in [0.5, 0.6) is 17.2 Å². The molecule has 2 heterocycles. The first-order valence-electron chi connectivity index (χ1n) is 14.3. The number of ether oxygens (including phenoxy) is 4. The molecule has 0 amide bonds. The number of para-hydroxylation sites is 1. The Labute approximate surface area is 277 Å². The van der Waals surface area contributed by atoms with Gasteiger partial charge >= 0.3 is 5.97 Å². The highest BCUT2D eigenvalue weighted by molar-refractivity contribution is 14.1. The Kier molecular flexibility index (Phi) is 10.1. The van der Waals surface area contributed by atoms with E-state index in [1.807, 2.05) is 44.2 Å². The second-order valence-corrected chi connectivity index (χ2v) is 12.6. The van der Waals surface area contributed by atoms with E-state index in [1.54, 1.807) is 44.2 Å². The first-order valence-corrected chi connectivity index (χ1v) is 16.2.